The number of carbonyl (C=O) groups is 1. The van der Waals surface area contributed by atoms with Crippen LogP contribution in [0.15, 0.2) is 30.3 Å². The maximum absolute atomic E-state index is 11.3. The lowest BCUT2D eigenvalue weighted by Crippen LogP contribution is -2.04. The van der Waals surface area contributed by atoms with E-state index in [1.165, 1.54) is 0 Å². The van der Waals surface area contributed by atoms with E-state index < -0.39 is 5.66 Å². The van der Waals surface area contributed by atoms with Crippen LogP contribution in [-0.4, -0.2) is 5.78 Å². The fraction of sp³-hybridized carbons (Fsp3) is 0.300. The second-order valence-electron chi connectivity index (χ2n) is 2.74. The minimum absolute atomic E-state index is 0.0165. The summed E-state index contributed by atoms with van der Waals surface area (Å²) in [6, 6.07) is 9.21. The molecule has 0 aliphatic rings. The van der Waals surface area contributed by atoms with Gasteiger partial charge in [-0.25, -0.2) is 0 Å². The molecule has 1 unspecified atom stereocenters. The summed E-state index contributed by atoms with van der Waals surface area (Å²) in [5.41, 5.74) is 0.345. The zero-order valence-corrected chi connectivity index (χ0v) is 8.33. The molecule has 68 valence electrons. The SMILES string of the molecule is CCC(=O)C(P=O)c1ccccc1. The summed E-state index contributed by atoms with van der Waals surface area (Å²) in [5.74, 6) is 0.0165. The van der Waals surface area contributed by atoms with Gasteiger partial charge in [0.05, 0.1) is 0 Å². The van der Waals surface area contributed by atoms with E-state index in [4.69, 9.17) is 0 Å². The zero-order valence-electron chi connectivity index (χ0n) is 7.43. The van der Waals surface area contributed by atoms with Crippen molar-refractivity contribution in [1.82, 2.24) is 0 Å². The molecule has 0 amide bonds. The summed E-state index contributed by atoms with van der Waals surface area (Å²) in [5, 5.41) is 0. The second kappa shape index (κ2) is 4.88. The van der Waals surface area contributed by atoms with Crippen LogP contribution in [0.2, 0.25) is 0 Å². The number of benzene rings is 1. The minimum Gasteiger partial charge on any atom is -0.298 e. The molecule has 1 atom stereocenters. The third kappa shape index (κ3) is 2.46. The quantitative estimate of drug-likeness (QED) is 0.690. The van der Waals surface area contributed by atoms with E-state index in [9.17, 15) is 9.36 Å². The van der Waals surface area contributed by atoms with Crippen molar-refractivity contribution in [3.63, 3.8) is 0 Å². The Bertz CT molecular complexity index is 295. The molecule has 1 rings (SSSR count). The molecular formula is C10H11O2P. The third-order valence-electron chi connectivity index (χ3n) is 1.87. The Hall–Kier alpha value is -1.01. The molecule has 0 aliphatic heterocycles. The van der Waals surface area contributed by atoms with Crippen LogP contribution in [0, 0.1) is 0 Å². The van der Waals surface area contributed by atoms with E-state index in [1.807, 2.05) is 30.3 Å². The first-order valence-electron chi connectivity index (χ1n) is 4.19. The first-order chi connectivity index (χ1) is 6.29. The van der Waals surface area contributed by atoms with Crippen LogP contribution < -0.4 is 0 Å². The van der Waals surface area contributed by atoms with Crippen LogP contribution in [0.3, 0.4) is 0 Å². The summed E-state index contributed by atoms with van der Waals surface area (Å²) < 4.78 is 10.8. The van der Waals surface area contributed by atoms with Crippen LogP contribution in [-0.2, 0) is 9.36 Å². The van der Waals surface area contributed by atoms with Gasteiger partial charge in [-0.15, -0.1) is 0 Å². The molecule has 3 heteroatoms. The van der Waals surface area contributed by atoms with Gasteiger partial charge in [0.2, 0.25) is 0 Å². The van der Waals surface area contributed by atoms with E-state index >= 15 is 0 Å². The number of carbonyl (C=O) groups excluding carboxylic acids is 1. The lowest BCUT2D eigenvalue weighted by Gasteiger charge is -2.05. The maximum Gasteiger partial charge on any atom is 0.171 e. The van der Waals surface area contributed by atoms with Crippen molar-refractivity contribution in [2.75, 3.05) is 0 Å². The van der Waals surface area contributed by atoms with Gasteiger partial charge in [-0.05, 0) is 5.56 Å². The summed E-state index contributed by atoms with van der Waals surface area (Å²) in [6.45, 7) is 1.78. The maximum atomic E-state index is 11.3. The molecule has 0 heterocycles. The van der Waals surface area contributed by atoms with Gasteiger partial charge in [-0.2, -0.15) is 0 Å². The number of ketones is 1. The van der Waals surface area contributed by atoms with Gasteiger partial charge in [-0.1, -0.05) is 37.3 Å². The Morgan fingerprint density at radius 2 is 2.00 bits per heavy atom. The first kappa shape index (κ1) is 10.1. The van der Waals surface area contributed by atoms with E-state index in [0.29, 0.717) is 6.42 Å². The Morgan fingerprint density at radius 3 is 2.46 bits per heavy atom. The van der Waals surface area contributed by atoms with Gasteiger partial charge in [0.15, 0.2) is 14.2 Å². The normalized spacial score (nSPS) is 12.7. The Kier molecular flexibility index (Phi) is 3.78. The number of rotatable bonds is 4. The fourth-order valence-electron chi connectivity index (χ4n) is 1.13. The van der Waals surface area contributed by atoms with Crippen LogP contribution in [0.4, 0.5) is 0 Å². The molecule has 0 saturated carbocycles. The lowest BCUT2D eigenvalue weighted by molar-refractivity contribution is -0.118. The van der Waals surface area contributed by atoms with Crippen molar-refractivity contribution in [2.24, 2.45) is 0 Å². The summed E-state index contributed by atoms with van der Waals surface area (Å²) in [7, 11) is -0.115. The summed E-state index contributed by atoms with van der Waals surface area (Å²) >= 11 is 0. The molecule has 0 fully saturated rings. The highest BCUT2D eigenvalue weighted by Gasteiger charge is 2.18. The average Bonchev–Trinajstić information content (AvgIpc) is 2.20. The van der Waals surface area contributed by atoms with E-state index in [1.54, 1.807) is 6.92 Å². The van der Waals surface area contributed by atoms with E-state index in [-0.39, 0.29) is 14.2 Å². The highest BCUT2D eigenvalue weighted by atomic mass is 31.1. The van der Waals surface area contributed by atoms with Gasteiger partial charge < -0.3 is 0 Å². The Morgan fingerprint density at radius 1 is 1.38 bits per heavy atom. The van der Waals surface area contributed by atoms with Crippen LogP contribution >= 0.6 is 8.46 Å². The topological polar surface area (TPSA) is 34.1 Å². The molecule has 0 saturated heterocycles. The van der Waals surface area contributed by atoms with Gasteiger partial charge in [0, 0.05) is 6.42 Å². The molecule has 0 N–H and O–H groups in total. The number of hydrogen-bond donors (Lipinski definition) is 0. The van der Waals surface area contributed by atoms with E-state index in [0.717, 1.165) is 5.56 Å². The molecule has 0 bridgehead atoms. The van der Waals surface area contributed by atoms with Crippen molar-refractivity contribution < 1.29 is 9.36 Å². The van der Waals surface area contributed by atoms with Crippen molar-refractivity contribution in [3.8, 4) is 0 Å². The Balaban J connectivity index is 2.91. The van der Waals surface area contributed by atoms with Crippen molar-refractivity contribution in [2.45, 2.75) is 19.0 Å². The highest BCUT2D eigenvalue weighted by Crippen LogP contribution is 2.28. The molecule has 1 aromatic carbocycles. The average molecular weight is 194 g/mol. The lowest BCUT2D eigenvalue weighted by atomic mass is 10.1. The molecule has 1 aromatic rings. The van der Waals surface area contributed by atoms with Crippen molar-refractivity contribution in [1.29, 1.82) is 0 Å². The standard InChI is InChI=1S/C10H11O2P/c1-2-9(11)10(13-12)8-6-4-3-5-7-8/h3-7,10H,2H2,1H3. The predicted octanol–water partition coefficient (Wildman–Crippen LogP) is 3.00. The van der Waals surface area contributed by atoms with Gasteiger partial charge in [0.25, 0.3) is 0 Å². The number of Topliss-reactive ketones (excluding diaryl/α,β-unsaturated/α-hetero) is 1. The molecule has 13 heavy (non-hydrogen) atoms. The Labute approximate surface area is 79.2 Å². The summed E-state index contributed by atoms with van der Waals surface area (Å²) in [4.78, 5) is 11.3. The van der Waals surface area contributed by atoms with Gasteiger partial charge in [0.1, 0.15) is 5.66 Å². The first-order valence-corrected chi connectivity index (χ1v) is 5.08. The van der Waals surface area contributed by atoms with Crippen LogP contribution in [0.5, 0.6) is 0 Å². The van der Waals surface area contributed by atoms with E-state index in [2.05, 4.69) is 0 Å². The van der Waals surface area contributed by atoms with Crippen molar-refractivity contribution >= 4 is 14.2 Å². The largest absolute Gasteiger partial charge is 0.298 e. The molecule has 0 aromatic heterocycles. The highest BCUT2D eigenvalue weighted by molar-refractivity contribution is 7.26. The fourth-order valence-corrected chi connectivity index (χ4v) is 1.73. The van der Waals surface area contributed by atoms with Gasteiger partial charge >= 0.3 is 0 Å². The number of hydrogen-bond acceptors (Lipinski definition) is 2. The molecule has 0 aliphatic carbocycles. The molecule has 2 nitrogen and oxygen atoms in total. The summed E-state index contributed by atoms with van der Waals surface area (Å²) in [6.07, 6.45) is 0.425. The monoisotopic (exact) mass is 194 g/mol. The second-order valence-corrected chi connectivity index (χ2v) is 3.47. The molecule has 0 spiro atoms. The minimum atomic E-state index is -0.480. The van der Waals surface area contributed by atoms with Crippen molar-refractivity contribution in [3.05, 3.63) is 35.9 Å². The third-order valence-corrected chi connectivity index (χ3v) is 2.67. The molecular weight excluding hydrogens is 183 g/mol. The molecule has 0 radical (unpaired) electrons. The van der Waals surface area contributed by atoms with Crippen LogP contribution in [0.1, 0.15) is 24.6 Å². The predicted molar refractivity (Wildman–Crippen MR) is 52.1 cm³/mol. The smallest absolute Gasteiger partial charge is 0.171 e. The van der Waals surface area contributed by atoms with Crippen LogP contribution in [0.25, 0.3) is 0 Å². The van der Waals surface area contributed by atoms with Gasteiger partial charge in [-0.3, -0.25) is 9.36 Å². The zero-order chi connectivity index (χ0) is 9.68.